The van der Waals surface area contributed by atoms with Gasteiger partial charge in [0, 0.05) is 10.7 Å². The van der Waals surface area contributed by atoms with Crippen LogP contribution in [-0.4, -0.2) is 12.7 Å². The third-order valence-corrected chi connectivity index (χ3v) is 4.78. The molecule has 1 aromatic rings. The van der Waals surface area contributed by atoms with Crippen LogP contribution in [0.3, 0.4) is 0 Å². The Labute approximate surface area is 127 Å². The van der Waals surface area contributed by atoms with Crippen molar-refractivity contribution in [3.8, 4) is 0 Å². The van der Waals surface area contributed by atoms with E-state index in [9.17, 15) is 0 Å². The van der Waals surface area contributed by atoms with Crippen LogP contribution in [0.5, 0.6) is 0 Å². The van der Waals surface area contributed by atoms with E-state index in [1.54, 1.807) is 0 Å². The van der Waals surface area contributed by atoms with Crippen molar-refractivity contribution < 1.29 is 8.85 Å². The van der Waals surface area contributed by atoms with Crippen LogP contribution in [0, 0.1) is 10.8 Å². The van der Waals surface area contributed by atoms with E-state index in [-0.39, 0.29) is 11.5 Å². The summed E-state index contributed by atoms with van der Waals surface area (Å²) in [5.74, 6) is 0. The van der Waals surface area contributed by atoms with Crippen LogP contribution < -0.4 is 0 Å². The number of allylic oxidation sites excluding steroid dienone is 1. The zero-order chi connectivity index (χ0) is 17.0. The summed E-state index contributed by atoms with van der Waals surface area (Å²) in [6.45, 7) is 6.84. The van der Waals surface area contributed by atoms with Gasteiger partial charge in [-0.05, 0) is 47.3 Å². The summed E-state index contributed by atoms with van der Waals surface area (Å²) in [5.41, 5.74) is 3.61. The average Bonchev–Trinajstić information content (AvgIpc) is 2.82. The summed E-state index contributed by atoms with van der Waals surface area (Å²) in [6.07, 6.45) is 1.31. The molecule has 20 heavy (non-hydrogen) atoms. The summed E-state index contributed by atoms with van der Waals surface area (Å²) in [6, 6.07) is 8.30. The first kappa shape index (κ1) is 10.6. The summed E-state index contributed by atoms with van der Waals surface area (Å²) in [4.78, 5) is 0. The quantitative estimate of drug-likeness (QED) is 0.748. The second-order valence-corrected chi connectivity index (χ2v) is 7.06. The van der Waals surface area contributed by atoms with Gasteiger partial charge in [0.1, 0.15) is 0 Å². The fraction of sp³-hybridized carbons (Fsp3) is 0.579. The number of hydrogen-bond donors (Lipinski definition) is 0. The first-order valence-corrected chi connectivity index (χ1v) is 7.55. The van der Waals surface area contributed by atoms with Crippen LogP contribution in [0.15, 0.2) is 29.8 Å². The number of fused-ring (bicyclic) bond motifs is 2. The van der Waals surface area contributed by atoms with Crippen molar-refractivity contribution in [3.05, 3.63) is 41.0 Å². The smallest absolute Gasteiger partial charge is 0.0881 e. The SMILES string of the molecule is [2H]C([2H])([2H])[C@]1(C)CC(C)(C)[C@@H](OCC)C2=C1Cc1ccccc12. The third-order valence-electron chi connectivity index (χ3n) is 4.78. The summed E-state index contributed by atoms with van der Waals surface area (Å²) < 4.78 is 30.7. The minimum atomic E-state index is -2.01. The van der Waals surface area contributed by atoms with E-state index < -0.39 is 12.3 Å². The van der Waals surface area contributed by atoms with E-state index in [1.165, 1.54) is 11.1 Å². The summed E-state index contributed by atoms with van der Waals surface area (Å²) in [7, 11) is 0. The summed E-state index contributed by atoms with van der Waals surface area (Å²) in [5, 5.41) is 0. The Balaban J connectivity index is 2.25. The number of hydrogen-bond acceptors (Lipinski definition) is 1. The van der Waals surface area contributed by atoms with Crippen molar-refractivity contribution in [1.29, 1.82) is 0 Å². The Morgan fingerprint density at radius 3 is 2.75 bits per heavy atom. The average molecular weight is 273 g/mol. The fourth-order valence-corrected chi connectivity index (χ4v) is 4.15. The van der Waals surface area contributed by atoms with Crippen molar-refractivity contribution in [2.45, 2.75) is 53.5 Å². The van der Waals surface area contributed by atoms with Gasteiger partial charge >= 0.3 is 0 Å². The van der Waals surface area contributed by atoms with Crippen molar-refractivity contribution >= 4 is 5.57 Å². The second-order valence-electron chi connectivity index (χ2n) is 7.06. The lowest BCUT2D eigenvalue weighted by molar-refractivity contribution is -0.00672. The molecule has 1 heteroatoms. The third kappa shape index (κ3) is 1.95. The molecule has 3 rings (SSSR count). The van der Waals surface area contributed by atoms with Crippen LogP contribution in [0.25, 0.3) is 5.57 Å². The van der Waals surface area contributed by atoms with Gasteiger partial charge in [0.15, 0.2) is 0 Å². The molecule has 1 nitrogen and oxygen atoms in total. The van der Waals surface area contributed by atoms with Crippen LogP contribution in [0.1, 0.15) is 56.2 Å². The van der Waals surface area contributed by atoms with Gasteiger partial charge in [-0.25, -0.2) is 0 Å². The predicted molar refractivity (Wildman–Crippen MR) is 84.7 cm³/mol. The topological polar surface area (TPSA) is 9.23 Å². The fourth-order valence-electron chi connectivity index (χ4n) is 4.15. The van der Waals surface area contributed by atoms with Gasteiger partial charge in [-0.1, -0.05) is 57.5 Å². The molecule has 0 spiro atoms. The summed E-state index contributed by atoms with van der Waals surface area (Å²) >= 11 is 0. The standard InChI is InChI=1S/C19H26O/c1-6-20-17-16-14-10-8-7-9-13(14)11-15(16)18(2,3)12-19(17,4)5/h7-10,17H,6,11-12H2,1-5H3/t17-/m0/s1/i2D3/t17-,18-. The van der Waals surface area contributed by atoms with Gasteiger partial charge < -0.3 is 4.74 Å². The molecule has 2 atom stereocenters. The zero-order valence-corrected chi connectivity index (χ0v) is 12.9. The molecule has 0 N–H and O–H groups in total. The first-order valence-electron chi connectivity index (χ1n) is 9.05. The molecular weight excluding hydrogens is 244 g/mol. The van der Waals surface area contributed by atoms with E-state index in [4.69, 9.17) is 8.85 Å². The lowest BCUT2D eigenvalue weighted by Crippen LogP contribution is -2.42. The Hall–Kier alpha value is -1.08. The minimum Gasteiger partial charge on any atom is -0.373 e. The maximum Gasteiger partial charge on any atom is 0.0881 e. The molecule has 0 unspecified atom stereocenters. The van der Waals surface area contributed by atoms with Crippen LogP contribution in [-0.2, 0) is 11.2 Å². The maximum absolute atomic E-state index is 8.18. The van der Waals surface area contributed by atoms with E-state index in [1.807, 2.05) is 26.0 Å². The minimum absolute atomic E-state index is 0.0402. The Bertz CT molecular complexity index is 657. The van der Waals surface area contributed by atoms with Gasteiger partial charge in [-0.15, -0.1) is 0 Å². The number of rotatable bonds is 2. The number of ether oxygens (including phenoxy) is 1. The lowest BCUT2D eigenvalue weighted by atomic mass is 9.61. The van der Waals surface area contributed by atoms with E-state index in [0.29, 0.717) is 13.0 Å². The van der Waals surface area contributed by atoms with Crippen LogP contribution >= 0.6 is 0 Å². The van der Waals surface area contributed by atoms with Crippen molar-refractivity contribution in [3.63, 3.8) is 0 Å². The molecular formula is C19H26O. The molecule has 0 aromatic heterocycles. The highest BCUT2D eigenvalue weighted by molar-refractivity contribution is 5.81. The molecule has 108 valence electrons. The molecule has 0 fully saturated rings. The molecule has 0 aliphatic heterocycles. The molecule has 1 aromatic carbocycles. The van der Waals surface area contributed by atoms with Crippen molar-refractivity contribution in [2.75, 3.05) is 6.61 Å². The zero-order valence-electron chi connectivity index (χ0n) is 15.9. The van der Waals surface area contributed by atoms with Crippen LogP contribution in [0.4, 0.5) is 0 Å². The van der Waals surface area contributed by atoms with Gasteiger partial charge in [0.25, 0.3) is 0 Å². The highest BCUT2D eigenvalue weighted by Crippen LogP contribution is 2.56. The highest BCUT2D eigenvalue weighted by atomic mass is 16.5. The van der Waals surface area contributed by atoms with Gasteiger partial charge in [-0.2, -0.15) is 0 Å². The van der Waals surface area contributed by atoms with Gasteiger partial charge in [0.2, 0.25) is 0 Å². The Kier molecular flexibility index (Phi) is 2.37. The van der Waals surface area contributed by atoms with Crippen molar-refractivity contribution in [1.82, 2.24) is 0 Å². The van der Waals surface area contributed by atoms with E-state index >= 15 is 0 Å². The van der Waals surface area contributed by atoms with E-state index in [2.05, 4.69) is 26.0 Å². The highest BCUT2D eigenvalue weighted by Gasteiger charge is 2.48. The van der Waals surface area contributed by atoms with Crippen molar-refractivity contribution in [2.24, 2.45) is 10.8 Å². The largest absolute Gasteiger partial charge is 0.373 e. The molecule has 0 saturated carbocycles. The molecule has 2 aliphatic rings. The Morgan fingerprint density at radius 2 is 2.05 bits per heavy atom. The Morgan fingerprint density at radius 1 is 1.30 bits per heavy atom. The first-order chi connectivity index (χ1) is 10.6. The molecule has 0 amide bonds. The van der Waals surface area contributed by atoms with E-state index in [0.717, 1.165) is 17.6 Å². The monoisotopic (exact) mass is 273 g/mol. The lowest BCUT2D eigenvalue weighted by Gasteiger charge is -2.47. The molecule has 2 aliphatic carbocycles. The van der Waals surface area contributed by atoms with Gasteiger partial charge in [-0.3, -0.25) is 0 Å². The maximum atomic E-state index is 8.18. The molecule has 0 heterocycles. The second kappa shape index (κ2) is 4.46. The molecule has 0 saturated heterocycles. The molecule has 0 bridgehead atoms. The van der Waals surface area contributed by atoms with Crippen LogP contribution in [0.2, 0.25) is 0 Å². The molecule has 0 radical (unpaired) electrons. The number of benzene rings is 1. The normalized spacial score (nSPS) is 34.0. The predicted octanol–water partition coefficient (Wildman–Crippen LogP) is 4.86. The van der Waals surface area contributed by atoms with Gasteiger partial charge in [0.05, 0.1) is 6.10 Å².